The molecule has 1 aliphatic rings. The second-order valence-electron chi connectivity index (χ2n) is 5.22. The van der Waals surface area contributed by atoms with E-state index in [9.17, 15) is 4.39 Å². The number of halogens is 1. The molecule has 0 amide bonds. The molecule has 3 nitrogen and oxygen atoms in total. The number of hydrogen-bond donors (Lipinski definition) is 1. The van der Waals surface area contributed by atoms with Gasteiger partial charge in [0.25, 0.3) is 0 Å². The maximum atomic E-state index is 13.7. The summed E-state index contributed by atoms with van der Waals surface area (Å²) in [6.07, 6.45) is 5.23. The molecule has 1 saturated heterocycles. The van der Waals surface area contributed by atoms with Gasteiger partial charge in [-0.25, -0.2) is 4.39 Å². The van der Waals surface area contributed by atoms with E-state index in [-0.39, 0.29) is 17.4 Å². The van der Waals surface area contributed by atoms with Gasteiger partial charge in [0.1, 0.15) is 5.82 Å². The van der Waals surface area contributed by atoms with Crippen molar-refractivity contribution in [2.75, 3.05) is 13.1 Å². The molecule has 0 saturated carbocycles. The molecule has 1 atom stereocenters. The molecule has 94 valence electrons. The van der Waals surface area contributed by atoms with E-state index < -0.39 is 0 Å². The van der Waals surface area contributed by atoms with Gasteiger partial charge < -0.3 is 5.73 Å². The number of nitrogens with two attached hydrogens (primary N) is 1. The minimum Gasteiger partial charge on any atom is -0.322 e. The molecule has 1 unspecified atom stereocenters. The quantitative estimate of drug-likeness (QED) is 0.875. The molecule has 2 rings (SSSR count). The monoisotopic (exact) mass is 237 g/mol. The summed E-state index contributed by atoms with van der Waals surface area (Å²) >= 11 is 0. The van der Waals surface area contributed by atoms with Gasteiger partial charge in [-0.3, -0.25) is 9.88 Å². The highest BCUT2D eigenvalue weighted by molar-refractivity contribution is 5.21. The number of rotatable bonds is 3. The lowest BCUT2D eigenvalue weighted by atomic mass is 9.88. The summed E-state index contributed by atoms with van der Waals surface area (Å²) in [4.78, 5) is 6.11. The lowest BCUT2D eigenvalue weighted by Gasteiger charge is -2.40. The molecule has 1 aliphatic heterocycles. The maximum absolute atomic E-state index is 13.7. The molecule has 4 heteroatoms. The second-order valence-corrected chi connectivity index (χ2v) is 5.22. The zero-order valence-electron chi connectivity index (χ0n) is 10.5. The second kappa shape index (κ2) is 4.70. The minimum atomic E-state index is -0.330. The van der Waals surface area contributed by atoms with Crippen LogP contribution in [0.4, 0.5) is 4.39 Å². The number of likely N-dealkylation sites (tertiary alicyclic amines) is 1. The first-order valence-electron chi connectivity index (χ1n) is 6.13. The van der Waals surface area contributed by atoms with E-state index in [0.29, 0.717) is 5.56 Å². The highest BCUT2D eigenvalue weighted by Crippen LogP contribution is 2.32. The van der Waals surface area contributed by atoms with E-state index in [1.807, 2.05) is 0 Å². The first-order chi connectivity index (χ1) is 8.03. The van der Waals surface area contributed by atoms with E-state index in [1.165, 1.54) is 19.0 Å². The smallest absolute Gasteiger partial charge is 0.146 e. The van der Waals surface area contributed by atoms with Crippen LogP contribution in [0, 0.1) is 5.82 Å². The molecular formula is C13H20FN3. The van der Waals surface area contributed by atoms with Gasteiger partial charge >= 0.3 is 0 Å². The molecule has 1 fully saturated rings. The van der Waals surface area contributed by atoms with Crippen molar-refractivity contribution < 1.29 is 4.39 Å². The minimum absolute atomic E-state index is 0.224. The van der Waals surface area contributed by atoms with Gasteiger partial charge in [-0.15, -0.1) is 0 Å². The Morgan fingerprint density at radius 1 is 1.41 bits per heavy atom. The predicted molar refractivity (Wildman–Crippen MR) is 66.0 cm³/mol. The highest BCUT2D eigenvalue weighted by Gasteiger charge is 2.36. The van der Waals surface area contributed by atoms with Gasteiger partial charge in [-0.05, 0) is 45.8 Å². The largest absolute Gasteiger partial charge is 0.322 e. The Morgan fingerprint density at radius 3 is 2.65 bits per heavy atom. The fourth-order valence-corrected chi connectivity index (χ4v) is 2.51. The van der Waals surface area contributed by atoms with Crippen LogP contribution in [-0.2, 0) is 0 Å². The Hall–Kier alpha value is -1.00. The number of pyridine rings is 1. The number of aromatic nitrogens is 1. The van der Waals surface area contributed by atoms with E-state index in [0.717, 1.165) is 13.1 Å². The third kappa shape index (κ3) is 2.33. The van der Waals surface area contributed by atoms with E-state index in [4.69, 9.17) is 5.73 Å². The van der Waals surface area contributed by atoms with Gasteiger partial charge in [0.05, 0.1) is 12.2 Å². The van der Waals surface area contributed by atoms with Gasteiger partial charge in [-0.1, -0.05) is 0 Å². The van der Waals surface area contributed by atoms with Gasteiger partial charge in [0, 0.05) is 17.3 Å². The first-order valence-corrected chi connectivity index (χ1v) is 6.13. The summed E-state index contributed by atoms with van der Waals surface area (Å²) in [6, 6.07) is 1.35. The topological polar surface area (TPSA) is 42.1 Å². The summed E-state index contributed by atoms with van der Waals surface area (Å²) in [5.74, 6) is -0.313. The van der Waals surface area contributed by atoms with Crippen molar-refractivity contribution in [1.82, 2.24) is 9.88 Å². The van der Waals surface area contributed by atoms with E-state index in [2.05, 4.69) is 23.7 Å². The molecule has 1 aromatic heterocycles. The Bertz CT molecular complexity index is 386. The Kier molecular flexibility index (Phi) is 3.45. The molecule has 0 radical (unpaired) electrons. The van der Waals surface area contributed by atoms with Crippen molar-refractivity contribution in [3.05, 3.63) is 29.8 Å². The van der Waals surface area contributed by atoms with Gasteiger partial charge in [0.15, 0.2) is 0 Å². The zero-order valence-corrected chi connectivity index (χ0v) is 10.5. The first kappa shape index (κ1) is 12.5. The van der Waals surface area contributed by atoms with Crippen molar-refractivity contribution in [3.8, 4) is 0 Å². The van der Waals surface area contributed by atoms with Crippen molar-refractivity contribution in [2.24, 2.45) is 5.73 Å². The SMILES string of the molecule is CC(C)(C(N)c1ccncc1F)N1CCCC1. The molecule has 0 aromatic carbocycles. The molecule has 2 N–H and O–H groups in total. The average molecular weight is 237 g/mol. The zero-order chi connectivity index (χ0) is 12.5. The molecule has 17 heavy (non-hydrogen) atoms. The fourth-order valence-electron chi connectivity index (χ4n) is 2.51. The predicted octanol–water partition coefficient (Wildman–Crippen LogP) is 2.09. The summed E-state index contributed by atoms with van der Waals surface area (Å²) in [5.41, 5.74) is 6.57. The van der Waals surface area contributed by atoms with Crippen LogP contribution in [0.25, 0.3) is 0 Å². The summed E-state index contributed by atoms with van der Waals surface area (Å²) in [6.45, 7) is 6.27. The molecule has 0 spiro atoms. The van der Waals surface area contributed by atoms with Crippen molar-refractivity contribution in [3.63, 3.8) is 0 Å². The van der Waals surface area contributed by atoms with Gasteiger partial charge in [-0.2, -0.15) is 0 Å². The van der Waals surface area contributed by atoms with Crippen LogP contribution in [0.3, 0.4) is 0 Å². The number of hydrogen-bond acceptors (Lipinski definition) is 3. The third-order valence-corrected chi connectivity index (χ3v) is 3.82. The summed E-state index contributed by atoms with van der Waals surface area (Å²) in [5, 5.41) is 0. The fraction of sp³-hybridized carbons (Fsp3) is 0.615. The lowest BCUT2D eigenvalue weighted by molar-refractivity contribution is 0.122. The van der Waals surface area contributed by atoms with Crippen LogP contribution in [0.1, 0.15) is 38.3 Å². The Morgan fingerprint density at radius 2 is 2.06 bits per heavy atom. The summed E-state index contributed by atoms with van der Waals surface area (Å²) < 4.78 is 13.7. The molecule has 2 heterocycles. The standard InChI is InChI=1S/C13H20FN3/c1-13(2,17-7-3-4-8-17)12(15)10-5-6-16-9-11(10)14/h5-6,9,12H,3-4,7-8,15H2,1-2H3. The third-order valence-electron chi connectivity index (χ3n) is 3.82. The van der Waals surface area contributed by atoms with Crippen LogP contribution < -0.4 is 5.73 Å². The van der Waals surface area contributed by atoms with Crippen molar-refractivity contribution in [2.45, 2.75) is 38.3 Å². The van der Waals surface area contributed by atoms with Crippen molar-refractivity contribution >= 4 is 0 Å². The Balaban J connectivity index is 2.24. The molecule has 0 aliphatic carbocycles. The molecule has 1 aromatic rings. The van der Waals surface area contributed by atoms with E-state index in [1.54, 1.807) is 12.3 Å². The van der Waals surface area contributed by atoms with Crippen LogP contribution in [0.2, 0.25) is 0 Å². The van der Waals surface area contributed by atoms with Crippen LogP contribution in [0.15, 0.2) is 18.5 Å². The molecule has 0 bridgehead atoms. The average Bonchev–Trinajstić information content (AvgIpc) is 2.83. The van der Waals surface area contributed by atoms with Crippen LogP contribution in [-0.4, -0.2) is 28.5 Å². The Labute approximate surface area is 102 Å². The number of nitrogens with zero attached hydrogens (tertiary/aromatic N) is 2. The lowest BCUT2D eigenvalue weighted by Crippen LogP contribution is -2.50. The van der Waals surface area contributed by atoms with Crippen LogP contribution in [0.5, 0.6) is 0 Å². The van der Waals surface area contributed by atoms with Crippen molar-refractivity contribution in [1.29, 1.82) is 0 Å². The molecular weight excluding hydrogens is 217 g/mol. The highest BCUT2D eigenvalue weighted by atomic mass is 19.1. The normalized spacial score (nSPS) is 19.5. The van der Waals surface area contributed by atoms with Gasteiger partial charge in [0.2, 0.25) is 0 Å². The van der Waals surface area contributed by atoms with E-state index >= 15 is 0 Å². The maximum Gasteiger partial charge on any atom is 0.146 e. The van der Waals surface area contributed by atoms with Crippen LogP contribution >= 0.6 is 0 Å². The summed E-state index contributed by atoms with van der Waals surface area (Å²) in [7, 11) is 0.